The summed E-state index contributed by atoms with van der Waals surface area (Å²) in [5.74, 6) is 1.85. The standard InChI is InChI=1S/C17H27NO/c1-13-11-15(19-3)9-10-16(13)17(18-2)12-14-7-5-4-6-8-14/h9-11,14,17-18H,4-8,12H2,1-3H3. The van der Waals surface area contributed by atoms with Crippen molar-refractivity contribution in [3.05, 3.63) is 29.3 Å². The first-order valence-corrected chi connectivity index (χ1v) is 7.56. The fourth-order valence-corrected chi connectivity index (χ4v) is 3.32. The smallest absolute Gasteiger partial charge is 0.119 e. The van der Waals surface area contributed by atoms with E-state index in [4.69, 9.17) is 4.74 Å². The van der Waals surface area contributed by atoms with Crippen molar-refractivity contribution in [2.45, 2.75) is 51.5 Å². The minimum Gasteiger partial charge on any atom is -0.497 e. The maximum absolute atomic E-state index is 5.29. The lowest BCUT2D eigenvalue weighted by Gasteiger charge is -2.27. The minimum absolute atomic E-state index is 0.481. The molecule has 0 bridgehead atoms. The van der Waals surface area contributed by atoms with Crippen molar-refractivity contribution >= 4 is 0 Å². The van der Waals surface area contributed by atoms with Crippen LogP contribution in [0.2, 0.25) is 0 Å². The highest BCUT2D eigenvalue weighted by Gasteiger charge is 2.20. The monoisotopic (exact) mass is 261 g/mol. The Hall–Kier alpha value is -1.02. The number of rotatable bonds is 5. The zero-order chi connectivity index (χ0) is 13.7. The highest BCUT2D eigenvalue weighted by Crippen LogP contribution is 2.33. The van der Waals surface area contributed by atoms with E-state index in [-0.39, 0.29) is 0 Å². The molecule has 19 heavy (non-hydrogen) atoms. The summed E-state index contributed by atoms with van der Waals surface area (Å²) >= 11 is 0. The molecule has 0 heterocycles. The Morgan fingerprint density at radius 1 is 1.26 bits per heavy atom. The van der Waals surface area contributed by atoms with Gasteiger partial charge in [0.2, 0.25) is 0 Å². The molecule has 0 aromatic heterocycles. The predicted octanol–water partition coefficient (Wildman–Crippen LogP) is 4.23. The van der Waals surface area contributed by atoms with Crippen LogP contribution in [-0.4, -0.2) is 14.2 Å². The summed E-state index contributed by atoms with van der Waals surface area (Å²) in [5.41, 5.74) is 2.75. The Balaban J connectivity index is 2.07. The number of hydrogen-bond acceptors (Lipinski definition) is 2. The van der Waals surface area contributed by atoms with Crippen molar-refractivity contribution < 1.29 is 4.74 Å². The third-order valence-corrected chi connectivity index (χ3v) is 4.49. The molecule has 2 rings (SSSR count). The van der Waals surface area contributed by atoms with Crippen molar-refractivity contribution in [2.75, 3.05) is 14.2 Å². The second-order valence-electron chi connectivity index (χ2n) is 5.80. The molecule has 106 valence electrons. The van der Waals surface area contributed by atoms with Gasteiger partial charge in [-0.3, -0.25) is 0 Å². The number of aryl methyl sites for hydroxylation is 1. The number of methoxy groups -OCH3 is 1. The van der Waals surface area contributed by atoms with Crippen LogP contribution in [0.5, 0.6) is 5.75 Å². The molecule has 1 aromatic rings. The second-order valence-corrected chi connectivity index (χ2v) is 5.80. The first-order valence-electron chi connectivity index (χ1n) is 7.56. The van der Waals surface area contributed by atoms with E-state index >= 15 is 0 Å². The van der Waals surface area contributed by atoms with E-state index in [9.17, 15) is 0 Å². The van der Waals surface area contributed by atoms with Gasteiger partial charge in [-0.1, -0.05) is 38.2 Å². The van der Waals surface area contributed by atoms with Crippen molar-refractivity contribution in [1.29, 1.82) is 0 Å². The van der Waals surface area contributed by atoms with Crippen molar-refractivity contribution in [2.24, 2.45) is 5.92 Å². The summed E-state index contributed by atoms with van der Waals surface area (Å²) in [6, 6.07) is 6.92. The predicted molar refractivity (Wildman–Crippen MR) is 80.7 cm³/mol. The quantitative estimate of drug-likeness (QED) is 0.856. The van der Waals surface area contributed by atoms with Gasteiger partial charge >= 0.3 is 0 Å². The van der Waals surface area contributed by atoms with E-state index in [1.807, 2.05) is 0 Å². The first-order chi connectivity index (χ1) is 9.24. The molecular formula is C17H27NO. The van der Waals surface area contributed by atoms with Gasteiger partial charge in [-0.15, -0.1) is 0 Å². The molecule has 2 nitrogen and oxygen atoms in total. The lowest BCUT2D eigenvalue weighted by molar-refractivity contribution is 0.305. The zero-order valence-corrected chi connectivity index (χ0v) is 12.5. The average Bonchev–Trinajstić information content (AvgIpc) is 2.46. The van der Waals surface area contributed by atoms with Crippen molar-refractivity contribution in [1.82, 2.24) is 5.32 Å². The lowest BCUT2D eigenvalue weighted by atomic mass is 9.82. The van der Waals surface area contributed by atoms with Crippen LogP contribution in [-0.2, 0) is 0 Å². The van der Waals surface area contributed by atoms with Gasteiger partial charge in [0.1, 0.15) is 5.75 Å². The summed E-state index contributed by atoms with van der Waals surface area (Å²) in [6.07, 6.45) is 8.36. The zero-order valence-electron chi connectivity index (χ0n) is 12.5. The number of ether oxygens (including phenoxy) is 1. The van der Waals surface area contributed by atoms with Gasteiger partial charge in [-0.2, -0.15) is 0 Å². The molecule has 1 N–H and O–H groups in total. The summed E-state index contributed by atoms with van der Waals surface area (Å²) in [7, 11) is 3.81. The topological polar surface area (TPSA) is 21.3 Å². The van der Waals surface area contributed by atoms with Crippen LogP contribution in [0.3, 0.4) is 0 Å². The molecule has 1 aromatic carbocycles. The highest BCUT2D eigenvalue weighted by atomic mass is 16.5. The van der Waals surface area contributed by atoms with Gasteiger partial charge in [-0.05, 0) is 49.6 Å². The van der Waals surface area contributed by atoms with Gasteiger partial charge in [-0.25, -0.2) is 0 Å². The van der Waals surface area contributed by atoms with Gasteiger partial charge in [0, 0.05) is 6.04 Å². The third-order valence-electron chi connectivity index (χ3n) is 4.49. The molecular weight excluding hydrogens is 234 g/mol. The van der Waals surface area contributed by atoms with Crippen LogP contribution in [0, 0.1) is 12.8 Å². The SMILES string of the molecule is CNC(CC1CCCCC1)c1ccc(OC)cc1C. The van der Waals surface area contributed by atoms with Crippen LogP contribution in [0.1, 0.15) is 55.7 Å². The molecule has 1 aliphatic rings. The molecule has 1 aliphatic carbocycles. The Morgan fingerprint density at radius 3 is 2.58 bits per heavy atom. The molecule has 0 amide bonds. The van der Waals surface area contributed by atoms with E-state index in [0.29, 0.717) is 6.04 Å². The Labute approximate surface area is 117 Å². The van der Waals surface area contributed by atoms with Gasteiger partial charge in [0.15, 0.2) is 0 Å². The number of nitrogens with one attached hydrogen (secondary N) is 1. The van der Waals surface area contributed by atoms with Crippen molar-refractivity contribution in [3.63, 3.8) is 0 Å². The Kier molecular flexibility index (Phi) is 5.26. The molecule has 1 unspecified atom stereocenters. The Morgan fingerprint density at radius 2 is 2.00 bits per heavy atom. The largest absolute Gasteiger partial charge is 0.497 e. The highest BCUT2D eigenvalue weighted by molar-refractivity contribution is 5.36. The molecule has 0 saturated heterocycles. The summed E-state index contributed by atoms with van der Waals surface area (Å²) < 4.78 is 5.29. The van der Waals surface area contributed by atoms with Gasteiger partial charge in [0.05, 0.1) is 7.11 Å². The van der Waals surface area contributed by atoms with E-state index in [1.54, 1.807) is 7.11 Å². The average molecular weight is 261 g/mol. The van der Waals surface area contributed by atoms with E-state index < -0.39 is 0 Å². The fourth-order valence-electron chi connectivity index (χ4n) is 3.32. The first kappa shape index (κ1) is 14.4. The lowest BCUT2D eigenvalue weighted by Crippen LogP contribution is -2.22. The molecule has 2 heteroatoms. The van der Waals surface area contributed by atoms with Crippen LogP contribution in [0.4, 0.5) is 0 Å². The van der Waals surface area contributed by atoms with Crippen LogP contribution >= 0.6 is 0 Å². The van der Waals surface area contributed by atoms with E-state index in [1.165, 1.54) is 49.7 Å². The second kappa shape index (κ2) is 6.95. The molecule has 0 radical (unpaired) electrons. The van der Waals surface area contributed by atoms with E-state index in [0.717, 1.165) is 11.7 Å². The maximum Gasteiger partial charge on any atom is 0.119 e. The molecule has 1 saturated carbocycles. The number of hydrogen-bond donors (Lipinski definition) is 1. The minimum atomic E-state index is 0.481. The van der Waals surface area contributed by atoms with Crippen LogP contribution in [0.15, 0.2) is 18.2 Å². The van der Waals surface area contributed by atoms with Gasteiger partial charge < -0.3 is 10.1 Å². The van der Waals surface area contributed by atoms with Crippen LogP contribution < -0.4 is 10.1 Å². The van der Waals surface area contributed by atoms with Crippen LogP contribution in [0.25, 0.3) is 0 Å². The molecule has 0 spiro atoms. The molecule has 1 fully saturated rings. The number of benzene rings is 1. The maximum atomic E-state index is 5.29. The molecule has 1 atom stereocenters. The fraction of sp³-hybridized carbons (Fsp3) is 0.647. The van der Waals surface area contributed by atoms with Gasteiger partial charge in [0.25, 0.3) is 0 Å². The van der Waals surface area contributed by atoms with Crippen molar-refractivity contribution in [3.8, 4) is 5.75 Å². The summed E-state index contributed by atoms with van der Waals surface area (Å²) in [6.45, 7) is 2.18. The summed E-state index contributed by atoms with van der Waals surface area (Å²) in [5, 5.41) is 3.50. The third kappa shape index (κ3) is 3.73. The summed E-state index contributed by atoms with van der Waals surface area (Å²) in [4.78, 5) is 0. The Bertz CT molecular complexity index is 396. The molecule has 0 aliphatic heterocycles. The normalized spacial score (nSPS) is 18.3. The van der Waals surface area contributed by atoms with E-state index in [2.05, 4.69) is 37.5 Å².